The van der Waals surface area contributed by atoms with E-state index in [1.165, 1.54) is 16.7 Å². The molecule has 41 heavy (non-hydrogen) atoms. The fourth-order valence-electron chi connectivity index (χ4n) is 4.11. The molecule has 8 nitrogen and oxygen atoms in total. The highest BCUT2D eigenvalue weighted by atomic mass is 127. The number of pyridine rings is 1. The van der Waals surface area contributed by atoms with Gasteiger partial charge in [0.2, 0.25) is 11.8 Å². The molecule has 1 unspecified atom stereocenters. The van der Waals surface area contributed by atoms with E-state index in [1.54, 1.807) is 97.3 Å². The molecule has 10 heteroatoms. The van der Waals surface area contributed by atoms with Gasteiger partial charge in [-0.05, 0) is 101 Å². The van der Waals surface area contributed by atoms with E-state index in [9.17, 15) is 19.2 Å². The summed E-state index contributed by atoms with van der Waals surface area (Å²) in [6.45, 7) is 0. The summed E-state index contributed by atoms with van der Waals surface area (Å²) < 4.78 is 1.02. The lowest BCUT2D eigenvalue weighted by molar-refractivity contribution is -0.121. The highest BCUT2D eigenvalue weighted by Gasteiger charge is 2.40. The largest absolute Gasteiger partial charge is 0.321 e. The fourth-order valence-corrected chi connectivity index (χ4v) is 5.52. The number of carbonyl (C=O) groups excluding carboxylic acids is 4. The molecular weight excluding hydrogens is 651 g/mol. The molecule has 1 aromatic heterocycles. The van der Waals surface area contributed by atoms with Gasteiger partial charge in [0.25, 0.3) is 11.8 Å². The van der Waals surface area contributed by atoms with Crippen LogP contribution < -0.4 is 15.5 Å². The Morgan fingerprint density at radius 1 is 0.927 bits per heavy atom. The van der Waals surface area contributed by atoms with E-state index in [2.05, 4.69) is 38.2 Å². The van der Waals surface area contributed by atoms with Crippen LogP contribution in [0.5, 0.6) is 0 Å². The first-order valence-corrected chi connectivity index (χ1v) is 14.5. The van der Waals surface area contributed by atoms with Gasteiger partial charge in [0.1, 0.15) is 5.70 Å². The summed E-state index contributed by atoms with van der Waals surface area (Å²) in [5, 5.41) is 4.96. The van der Waals surface area contributed by atoms with Crippen molar-refractivity contribution >= 4 is 75.4 Å². The van der Waals surface area contributed by atoms with Crippen molar-refractivity contribution in [3.05, 3.63) is 124 Å². The number of anilines is 2. The maximum Gasteiger partial charge on any atom is 0.272 e. The van der Waals surface area contributed by atoms with E-state index in [0.717, 1.165) is 8.47 Å². The number of nitrogens with zero attached hydrogens (tertiary/aromatic N) is 2. The average molecular weight is 675 g/mol. The zero-order chi connectivity index (χ0) is 28.8. The second-order valence-electron chi connectivity index (χ2n) is 9.00. The number of halogens is 1. The Bertz CT molecular complexity index is 1610. The second kappa shape index (κ2) is 12.9. The number of benzene rings is 3. The summed E-state index contributed by atoms with van der Waals surface area (Å²) in [7, 11) is 0. The Morgan fingerprint density at radius 2 is 1.66 bits per heavy atom. The highest BCUT2D eigenvalue weighted by Crippen LogP contribution is 2.34. The monoisotopic (exact) mass is 674 g/mol. The summed E-state index contributed by atoms with van der Waals surface area (Å²) in [6.07, 6.45) is 4.86. The van der Waals surface area contributed by atoms with Crippen molar-refractivity contribution in [3.63, 3.8) is 0 Å². The third-order valence-electron chi connectivity index (χ3n) is 6.10. The lowest BCUT2D eigenvalue weighted by Gasteiger charge is -2.15. The molecule has 204 valence electrons. The SMILES string of the molecule is O=C(Nc1ccc(SC2CC(=O)N(c3ccc(I)cc3)C2=O)cc1)/C(=C/c1cccnc1)NC(=O)c1ccccc1. The third-order valence-corrected chi connectivity index (χ3v) is 8.02. The van der Waals surface area contributed by atoms with E-state index in [4.69, 9.17) is 0 Å². The maximum absolute atomic E-state index is 13.2. The molecule has 1 saturated heterocycles. The van der Waals surface area contributed by atoms with Crippen LogP contribution in [0.3, 0.4) is 0 Å². The minimum atomic E-state index is -0.538. The van der Waals surface area contributed by atoms with Crippen LogP contribution >= 0.6 is 34.4 Å². The molecule has 1 fully saturated rings. The van der Waals surface area contributed by atoms with Gasteiger partial charge in [-0.3, -0.25) is 24.2 Å². The molecular formula is C31H23IN4O4S. The maximum atomic E-state index is 13.2. The van der Waals surface area contributed by atoms with Gasteiger partial charge in [0, 0.05) is 38.5 Å². The van der Waals surface area contributed by atoms with Crippen molar-refractivity contribution in [2.45, 2.75) is 16.6 Å². The van der Waals surface area contributed by atoms with Crippen molar-refractivity contribution in [1.82, 2.24) is 10.3 Å². The lowest BCUT2D eigenvalue weighted by Crippen LogP contribution is -2.31. The molecule has 1 atom stereocenters. The van der Waals surface area contributed by atoms with Crippen LogP contribution in [0.25, 0.3) is 6.08 Å². The Hall–Kier alpha value is -4.29. The highest BCUT2D eigenvalue weighted by molar-refractivity contribution is 14.1. The summed E-state index contributed by atoms with van der Waals surface area (Å²) >= 11 is 3.48. The van der Waals surface area contributed by atoms with Crippen LogP contribution in [0.2, 0.25) is 0 Å². The summed E-state index contributed by atoms with van der Waals surface area (Å²) in [5.74, 6) is -1.41. The van der Waals surface area contributed by atoms with Gasteiger partial charge >= 0.3 is 0 Å². The van der Waals surface area contributed by atoms with Crippen molar-refractivity contribution in [1.29, 1.82) is 0 Å². The first-order chi connectivity index (χ1) is 19.9. The van der Waals surface area contributed by atoms with Crippen molar-refractivity contribution in [2.24, 2.45) is 0 Å². The van der Waals surface area contributed by atoms with Crippen molar-refractivity contribution < 1.29 is 19.2 Å². The third kappa shape index (κ3) is 7.08. The molecule has 0 bridgehead atoms. The van der Waals surface area contributed by atoms with Gasteiger partial charge in [0.05, 0.1) is 10.9 Å². The zero-order valence-electron chi connectivity index (χ0n) is 21.5. The van der Waals surface area contributed by atoms with Crippen LogP contribution in [-0.4, -0.2) is 33.9 Å². The number of thioether (sulfide) groups is 1. The number of aromatic nitrogens is 1. The van der Waals surface area contributed by atoms with Gasteiger partial charge < -0.3 is 10.6 Å². The van der Waals surface area contributed by atoms with E-state index in [1.807, 2.05) is 12.1 Å². The molecule has 0 aliphatic carbocycles. The van der Waals surface area contributed by atoms with Gasteiger partial charge in [0.15, 0.2) is 0 Å². The Labute approximate surface area is 254 Å². The minimum Gasteiger partial charge on any atom is -0.321 e. The van der Waals surface area contributed by atoms with Crippen LogP contribution in [0.1, 0.15) is 22.3 Å². The predicted octanol–water partition coefficient (Wildman–Crippen LogP) is 5.52. The van der Waals surface area contributed by atoms with E-state index in [-0.39, 0.29) is 23.9 Å². The quantitative estimate of drug-likeness (QED) is 0.145. The molecule has 1 aliphatic heterocycles. The predicted molar refractivity (Wildman–Crippen MR) is 167 cm³/mol. The Balaban J connectivity index is 1.26. The van der Waals surface area contributed by atoms with Crippen LogP contribution in [0.15, 0.2) is 114 Å². The smallest absolute Gasteiger partial charge is 0.272 e. The fraction of sp³-hybridized carbons (Fsp3) is 0.0645. The molecule has 3 aromatic carbocycles. The normalized spacial score (nSPS) is 15.1. The molecule has 1 aliphatic rings. The van der Waals surface area contributed by atoms with E-state index < -0.39 is 17.1 Å². The number of imide groups is 1. The Morgan fingerprint density at radius 3 is 2.34 bits per heavy atom. The molecule has 0 radical (unpaired) electrons. The first-order valence-electron chi connectivity index (χ1n) is 12.6. The number of hydrogen-bond acceptors (Lipinski definition) is 6. The summed E-state index contributed by atoms with van der Waals surface area (Å²) in [4.78, 5) is 57.7. The van der Waals surface area contributed by atoms with Gasteiger partial charge in [-0.1, -0.05) is 24.3 Å². The average Bonchev–Trinajstić information content (AvgIpc) is 3.27. The molecule has 5 rings (SSSR count). The summed E-state index contributed by atoms with van der Waals surface area (Å²) in [5.41, 5.74) is 2.18. The summed E-state index contributed by atoms with van der Waals surface area (Å²) in [6, 6.07) is 26.3. The second-order valence-corrected chi connectivity index (χ2v) is 11.5. The molecule has 4 aromatic rings. The zero-order valence-corrected chi connectivity index (χ0v) is 24.5. The van der Waals surface area contributed by atoms with Gasteiger partial charge in [-0.15, -0.1) is 11.8 Å². The number of carbonyl (C=O) groups is 4. The Kier molecular flexibility index (Phi) is 8.90. The van der Waals surface area contributed by atoms with E-state index >= 15 is 0 Å². The number of hydrogen-bond donors (Lipinski definition) is 2. The van der Waals surface area contributed by atoms with Gasteiger partial charge in [-0.25, -0.2) is 4.90 Å². The van der Waals surface area contributed by atoms with Crippen molar-refractivity contribution in [2.75, 3.05) is 10.2 Å². The van der Waals surface area contributed by atoms with Crippen molar-refractivity contribution in [3.8, 4) is 0 Å². The molecule has 2 N–H and O–H groups in total. The van der Waals surface area contributed by atoms with Crippen LogP contribution in [-0.2, 0) is 14.4 Å². The van der Waals surface area contributed by atoms with Gasteiger partial charge in [-0.2, -0.15) is 0 Å². The molecule has 4 amide bonds. The standard InChI is InChI=1S/C31H23IN4O4S/c32-22-8-12-24(13-9-22)36-28(37)18-27(31(36)40)41-25-14-10-23(11-15-25)34-30(39)26(17-20-5-4-16-33-19-20)35-29(38)21-6-2-1-3-7-21/h1-17,19,27H,18H2,(H,34,39)(H,35,38)/b26-17-. The molecule has 0 saturated carbocycles. The molecule has 0 spiro atoms. The first kappa shape index (κ1) is 28.2. The topological polar surface area (TPSA) is 108 Å². The van der Waals surface area contributed by atoms with Crippen LogP contribution in [0, 0.1) is 3.57 Å². The van der Waals surface area contributed by atoms with E-state index in [0.29, 0.717) is 22.5 Å². The lowest BCUT2D eigenvalue weighted by atomic mass is 10.2. The minimum absolute atomic E-state index is 0.0519. The number of nitrogens with one attached hydrogen (secondary N) is 2. The number of amides is 4. The molecule has 2 heterocycles. The van der Waals surface area contributed by atoms with Crippen LogP contribution in [0.4, 0.5) is 11.4 Å². The number of rotatable bonds is 8.